The zero-order valence-electron chi connectivity index (χ0n) is 12.3. The molecule has 1 aromatic heterocycles. The Bertz CT molecular complexity index is 733. The molecule has 3 rings (SSSR count). The number of hydrogen-bond donors (Lipinski definition) is 1. The molecule has 0 unspecified atom stereocenters. The summed E-state index contributed by atoms with van der Waals surface area (Å²) in [6.07, 6.45) is 1.98. The highest BCUT2D eigenvalue weighted by molar-refractivity contribution is 5.97. The van der Waals surface area contributed by atoms with Crippen LogP contribution < -0.4 is 14.8 Å². The number of pyridine rings is 1. The molecule has 2 aromatic rings. The zero-order chi connectivity index (χ0) is 16.2. The van der Waals surface area contributed by atoms with Crippen LogP contribution >= 0.6 is 0 Å². The van der Waals surface area contributed by atoms with Crippen molar-refractivity contribution in [2.75, 3.05) is 12.1 Å². The smallest absolute Gasteiger partial charge is 0.340 e. The minimum absolute atomic E-state index is 0.159. The lowest BCUT2D eigenvalue weighted by Gasteiger charge is -2.13. The van der Waals surface area contributed by atoms with Crippen molar-refractivity contribution in [3.05, 3.63) is 48.3 Å². The third-order valence-electron chi connectivity index (χ3n) is 3.19. The summed E-state index contributed by atoms with van der Waals surface area (Å²) in [6, 6.07) is 8.22. The van der Waals surface area contributed by atoms with Gasteiger partial charge in [-0.05, 0) is 31.2 Å². The number of anilines is 1. The Morgan fingerprint density at radius 1 is 1.26 bits per heavy atom. The van der Waals surface area contributed by atoms with E-state index in [1.807, 2.05) is 0 Å². The number of aromatic nitrogens is 1. The minimum atomic E-state index is -0.951. The number of nitrogens with one attached hydrogen (secondary N) is 1. The number of ether oxygens (including phenoxy) is 3. The minimum Gasteiger partial charge on any atom is -0.454 e. The SMILES string of the molecule is C[C@H](OC(=O)c1cccnc1)C(=O)Nc1ccc2c(c1)OCO2. The van der Waals surface area contributed by atoms with Crippen molar-refractivity contribution < 1.29 is 23.8 Å². The summed E-state index contributed by atoms with van der Waals surface area (Å²) in [6.45, 7) is 1.66. The van der Waals surface area contributed by atoms with Gasteiger partial charge in [0.05, 0.1) is 5.56 Å². The van der Waals surface area contributed by atoms with Gasteiger partial charge in [0.15, 0.2) is 17.6 Å². The normalized spacial score (nSPS) is 13.3. The predicted molar refractivity (Wildman–Crippen MR) is 80.3 cm³/mol. The van der Waals surface area contributed by atoms with Crippen molar-refractivity contribution in [2.24, 2.45) is 0 Å². The largest absolute Gasteiger partial charge is 0.454 e. The van der Waals surface area contributed by atoms with Gasteiger partial charge in [0.1, 0.15) is 0 Å². The number of fused-ring (bicyclic) bond motifs is 1. The summed E-state index contributed by atoms with van der Waals surface area (Å²) >= 11 is 0. The molecule has 23 heavy (non-hydrogen) atoms. The summed E-state index contributed by atoms with van der Waals surface area (Å²) in [4.78, 5) is 27.8. The van der Waals surface area contributed by atoms with Crippen molar-refractivity contribution >= 4 is 17.6 Å². The number of amides is 1. The quantitative estimate of drug-likeness (QED) is 0.869. The molecule has 0 fully saturated rings. The van der Waals surface area contributed by atoms with Gasteiger partial charge in [-0.2, -0.15) is 0 Å². The van der Waals surface area contributed by atoms with Crippen molar-refractivity contribution in [1.82, 2.24) is 4.98 Å². The van der Waals surface area contributed by atoms with Crippen LogP contribution in [0.2, 0.25) is 0 Å². The molecular weight excluding hydrogens is 300 g/mol. The molecule has 1 aromatic carbocycles. The number of carbonyl (C=O) groups is 2. The van der Waals surface area contributed by atoms with Gasteiger partial charge < -0.3 is 19.5 Å². The van der Waals surface area contributed by atoms with Crippen LogP contribution in [0.5, 0.6) is 11.5 Å². The highest BCUT2D eigenvalue weighted by atomic mass is 16.7. The van der Waals surface area contributed by atoms with E-state index in [4.69, 9.17) is 14.2 Å². The van der Waals surface area contributed by atoms with Crippen LogP contribution in [0.15, 0.2) is 42.7 Å². The second-order valence-corrected chi connectivity index (χ2v) is 4.85. The Balaban J connectivity index is 1.60. The van der Waals surface area contributed by atoms with Crippen molar-refractivity contribution in [3.8, 4) is 11.5 Å². The van der Waals surface area contributed by atoms with Crippen LogP contribution in [0, 0.1) is 0 Å². The van der Waals surface area contributed by atoms with Gasteiger partial charge in [-0.15, -0.1) is 0 Å². The monoisotopic (exact) mass is 314 g/mol. The van der Waals surface area contributed by atoms with E-state index in [9.17, 15) is 9.59 Å². The Kier molecular flexibility index (Phi) is 4.09. The highest BCUT2D eigenvalue weighted by Gasteiger charge is 2.20. The molecule has 1 N–H and O–H groups in total. The maximum atomic E-state index is 12.1. The second kappa shape index (κ2) is 6.35. The van der Waals surface area contributed by atoms with E-state index in [0.29, 0.717) is 17.2 Å². The molecule has 1 amide bonds. The molecule has 1 aliphatic heterocycles. The third-order valence-corrected chi connectivity index (χ3v) is 3.19. The predicted octanol–water partition coefficient (Wildman–Crippen LogP) is 1.99. The molecular formula is C16H14N2O5. The molecule has 7 nitrogen and oxygen atoms in total. The van der Waals surface area contributed by atoms with Gasteiger partial charge in [0, 0.05) is 24.1 Å². The van der Waals surface area contributed by atoms with Crippen LogP contribution in [0.4, 0.5) is 5.69 Å². The molecule has 0 spiro atoms. The summed E-state index contributed by atoms with van der Waals surface area (Å²) in [5, 5.41) is 2.66. The first kappa shape index (κ1) is 14.8. The first-order chi connectivity index (χ1) is 11.1. The van der Waals surface area contributed by atoms with Gasteiger partial charge in [-0.1, -0.05) is 0 Å². The van der Waals surface area contributed by atoms with E-state index < -0.39 is 18.0 Å². The first-order valence-corrected chi connectivity index (χ1v) is 6.95. The fourth-order valence-corrected chi connectivity index (χ4v) is 1.98. The topological polar surface area (TPSA) is 86.8 Å². The molecule has 7 heteroatoms. The fourth-order valence-electron chi connectivity index (χ4n) is 1.98. The molecule has 0 saturated carbocycles. The molecule has 1 aliphatic rings. The first-order valence-electron chi connectivity index (χ1n) is 6.95. The number of rotatable bonds is 4. The van der Waals surface area contributed by atoms with Crippen LogP contribution in [0.25, 0.3) is 0 Å². The van der Waals surface area contributed by atoms with Gasteiger partial charge in [0.25, 0.3) is 5.91 Å². The van der Waals surface area contributed by atoms with Crippen molar-refractivity contribution in [2.45, 2.75) is 13.0 Å². The number of carbonyl (C=O) groups excluding carboxylic acids is 2. The lowest BCUT2D eigenvalue weighted by molar-refractivity contribution is -0.123. The number of hydrogen-bond acceptors (Lipinski definition) is 6. The maximum absolute atomic E-state index is 12.1. The number of benzene rings is 1. The molecule has 0 aliphatic carbocycles. The van der Waals surface area contributed by atoms with Crippen LogP contribution in [-0.4, -0.2) is 29.8 Å². The highest BCUT2D eigenvalue weighted by Crippen LogP contribution is 2.34. The third kappa shape index (κ3) is 3.39. The Hall–Kier alpha value is -3.09. The van der Waals surface area contributed by atoms with Gasteiger partial charge in [0.2, 0.25) is 6.79 Å². The Labute approximate surface area is 132 Å². The van der Waals surface area contributed by atoms with E-state index in [-0.39, 0.29) is 12.4 Å². The van der Waals surface area contributed by atoms with Crippen LogP contribution in [0.3, 0.4) is 0 Å². The second-order valence-electron chi connectivity index (χ2n) is 4.85. The number of nitrogens with zero attached hydrogens (tertiary/aromatic N) is 1. The van der Waals surface area contributed by atoms with Gasteiger partial charge in [-0.25, -0.2) is 4.79 Å². The molecule has 118 valence electrons. The van der Waals surface area contributed by atoms with Crippen molar-refractivity contribution in [1.29, 1.82) is 0 Å². The lowest BCUT2D eigenvalue weighted by Crippen LogP contribution is -2.30. The molecule has 0 radical (unpaired) electrons. The molecule has 0 bridgehead atoms. The molecule has 1 atom stereocenters. The lowest BCUT2D eigenvalue weighted by atomic mass is 10.2. The summed E-state index contributed by atoms with van der Waals surface area (Å²) in [5.41, 5.74) is 0.818. The zero-order valence-corrected chi connectivity index (χ0v) is 12.3. The van der Waals surface area contributed by atoms with Crippen molar-refractivity contribution in [3.63, 3.8) is 0 Å². The standard InChI is InChI=1S/C16H14N2O5/c1-10(23-16(20)11-3-2-6-17-8-11)15(19)18-12-4-5-13-14(7-12)22-9-21-13/h2-8,10H,9H2,1H3,(H,18,19)/t10-/m0/s1. The average molecular weight is 314 g/mol. The fraction of sp³-hybridized carbons (Fsp3) is 0.188. The summed E-state index contributed by atoms with van der Waals surface area (Å²) in [5.74, 6) is 0.134. The van der Waals surface area contributed by atoms with E-state index in [0.717, 1.165) is 0 Å². The van der Waals surface area contributed by atoms with Gasteiger partial charge in [-0.3, -0.25) is 9.78 Å². The van der Waals surface area contributed by atoms with Gasteiger partial charge >= 0.3 is 5.97 Å². The van der Waals surface area contributed by atoms with E-state index >= 15 is 0 Å². The Morgan fingerprint density at radius 3 is 2.87 bits per heavy atom. The molecule has 2 heterocycles. The van der Waals surface area contributed by atoms with E-state index in [1.165, 1.54) is 13.1 Å². The van der Waals surface area contributed by atoms with Crippen LogP contribution in [0.1, 0.15) is 17.3 Å². The maximum Gasteiger partial charge on any atom is 0.340 e. The van der Waals surface area contributed by atoms with Crippen LogP contribution in [-0.2, 0) is 9.53 Å². The average Bonchev–Trinajstić information content (AvgIpc) is 3.03. The summed E-state index contributed by atoms with van der Waals surface area (Å²) < 4.78 is 15.6. The number of esters is 1. The molecule has 0 saturated heterocycles. The summed E-state index contributed by atoms with van der Waals surface area (Å²) in [7, 11) is 0. The van der Waals surface area contributed by atoms with E-state index in [1.54, 1.807) is 36.5 Å². The van der Waals surface area contributed by atoms with E-state index in [2.05, 4.69) is 10.3 Å². The Morgan fingerprint density at radius 2 is 2.09 bits per heavy atom.